The van der Waals surface area contributed by atoms with Crippen molar-refractivity contribution >= 4 is 23.7 Å². The summed E-state index contributed by atoms with van der Waals surface area (Å²) in [4.78, 5) is 35.8. The van der Waals surface area contributed by atoms with Gasteiger partial charge in [0.1, 0.15) is 5.84 Å². The first-order valence-corrected chi connectivity index (χ1v) is 5.76. The Balaban J connectivity index is 2.16. The Hall–Kier alpha value is -3.34. The molecule has 0 bridgehead atoms. The van der Waals surface area contributed by atoms with E-state index in [2.05, 4.69) is 10.3 Å². The van der Waals surface area contributed by atoms with Crippen molar-refractivity contribution in [1.29, 1.82) is 5.26 Å². The molecule has 21 heavy (non-hydrogen) atoms. The van der Waals surface area contributed by atoms with Crippen LogP contribution in [0, 0.1) is 21.4 Å². The molecule has 0 aliphatic carbocycles. The van der Waals surface area contributed by atoms with Crippen LogP contribution in [0.3, 0.4) is 0 Å². The van der Waals surface area contributed by atoms with Gasteiger partial charge in [-0.05, 0) is 23.8 Å². The first-order valence-electron chi connectivity index (χ1n) is 5.76. The van der Waals surface area contributed by atoms with Gasteiger partial charge in [0.25, 0.3) is 0 Å². The molecule has 104 valence electrons. The van der Waals surface area contributed by atoms with Crippen LogP contribution in [0.5, 0.6) is 0 Å². The van der Waals surface area contributed by atoms with Crippen LogP contribution in [0.25, 0.3) is 6.08 Å². The van der Waals surface area contributed by atoms with Gasteiger partial charge in [-0.3, -0.25) is 19.7 Å². The van der Waals surface area contributed by atoms with Crippen molar-refractivity contribution in [1.82, 2.24) is 5.32 Å². The highest BCUT2D eigenvalue weighted by Crippen LogP contribution is 2.07. The highest BCUT2D eigenvalue weighted by molar-refractivity contribution is 6.21. The summed E-state index contributed by atoms with van der Waals surface area (Å²) >= 11 is 0. The molecule has 0 saturated heterocycles. The molecule has 0 radical (unpaired) electrons. The van der Waals surface area contributed by atoms with Gasteiger partial charge in [-0.25, -0.2) is 0 Å². The van der Waals surface area contributed by atoms with E-state index in [1.54, 1.807) is 30.3 Å². The molecule has 1 aliphatic heterocycles. The number of benzene rings is 1. The van der Waals surface area contributed by atoms with Crippen molar-refractivity contribution in [2.24, 2.45) is 4.99 Å². The Morgan fingerprint density at radius 1 is 1.29 bits per heavy atom. The summed E-state index contributed by atoms with van der Waals surface area (Å²) in [5.41, 5.74) is 1.22. The molecule has 1 aliphatic rings. The number of hydrogen-bond donors (Lipinski definition) is 1. The van der Waals surface area contributed by atoms with E-state index in [-0.39, 0.29) is 5.84 Å². The fourth-order valence-electron chi connectivity index (χ4n) is 1.62. The third kappa shape index (κ3) is 3.16. The number of hydrogen-bond acceptors (Lipinski definition) is 5. The molecule has 1 aromatic rings. The highest BCUT2D eigenvalue weighted by Gasteiger charge is 2.41. The van der Waals surface area contributed by atoms with Crippen molar-refractivity contribution in [2.45, 2.75) is 6.04 Å². The Bertz CT molecular complexity index is 713. The number of nitrogens with zero attached hydrogens (tertiary/aromatic N) is 3. The lowest BCUT2D eigenvalue weighted by Crippen LogP contribution is -2.50. The topological polar surface area (TPSA) is 125 Å². The standard InChI is InChI=1S/C13H8N4O4/c14-7-9-3-1-8(2-4-9)5-6-10-15-12(18)11(17(20)21)13(19)16-10/h1-6,11H,(H,15,16,18,19)/b6-5+. The van der Waals surface area contributed by atoms with Gasteiger partial charge in [0.15, 0.2) is 0 Å². The minimum atomic E-state index is -1.99. The van der Waals surface area contributed by atoms with Gasteiger partial charge < -0.3 is 5.32 Å². The Labute approximate surface area is 118 Å². The molecule has 0 saturated carbocycles. The summed E-state index contributed by atoms with van der Waals surface area (Å²) in [7, 11) is 0. The minimum Gasteiger partial charge on any atom is -0.304 e. The number of aliphatic imine (C=N–C) groups is 1. The molecule has 2 amide bonds. The number of amidine groups is 1. The number of carbonyl (C=O) groups excluding carboxylic acids is 2. The number of rotatable bonds is 3. The molecule has 1 unspecified atom stereocenters. The number of nitrogens with one attached hydrogen (secondary N) is 1. The number of carbonyl (C=O) groups is 2. The Morgan fingerprint density at radius 3 is 2.48 bits per heavy atom. The molecule has 1 aromatic carbocycles. The molecule has 0 spiro atoms. The monoisotopic (exact) mass is 284 g/mol. The van der Waals surface area contributed by atoms with Gasteiger partial charge in [0.05, 0.1) is 11.6 Å². The van der Waals surface area contributed by atoms with Crippen molar-refractivity contribution in [2.75, 3.05) is 0 Å². The maximum Gasteiger partial charge on any atom is 0.368 e. The smallest absolute Gasteiger partial charge is 0.304 e. The van der Waals surface area contributed by atoms with Crippen molar-refractivity contribution < 1.29 is 14.5 Å². The number of amides is 2. The maximum atomic E-state index is 11.4. The zero-order valence-electron chi connectivity index (χ0n) is 10.5. The zero-order chi connectivity index (χ0) is 15.4. The molecule has 1 heterocycles. The lowest BCUT2D eigenvalue weighted by Gasteiger charge is -2.12. The SMILES string of the molecule is N#Cc1ccc(/C=C/C2=NC(=O)C([N+](=O)[O-])C(=O)N2)cc1. The van der Waals surface area contributed by atoms with Crippen LogP contribution in [-0.4, -0.2) is 28.6 Å². The zero-order valence-corrected chi connectivity index (χ0v) is 10.5. The summed E-state index contributed by atoms with van der Waals surface area (Å²) in [6.07, 6.45) is 2.91. The van der Waals surface area contributed by atoms with E-state index >= 15 is 0 Å². The molecule has 8 heteroatoms. The van der Waals surface area contributed by atoms with E-state index in [9.17, 15) is 19.7 Å². The average molecular weight is 284 g/mol. The first kappa shape index (κ1) is 14.1. The molecule has 2 rings (SSSR count). The van der Waals surface area contributed by atoms with Crippen molar-refractivity contribution in [3.05, 3.63) is 51.6 Å². The van der Waals surface area contributed by atoms with Gasteiger partial charge in [-0.2, -0.15) is 10.3 Å². The average Bonchev–Trinajstić information content (AvgIpc) is 2.44. The molecule has 0 aromatic heterocycles. The van der Waals surface area contributed by atoms with E-state index in [0.29, 0.717) is 5.56 Å². The fraction of sp³-hybridized carbons (Fsp3) is 0.0769. The second-order valence-electron chi connectivity index (χ2n) is 4.08. The van der Waals surface area contributed by atoms with E-state index in [1.165, 1.54) is 6.08 Å². The summed E-state index contributed by atoms with van der Waals surface area (Å²) in [6.45, 7) is 0. The van der Waals surface area contributed by atoms with Crippen molar-refractivity contribution in [3.8, 4) is 6.07 Å². The Kier molecular flexibility index (Phi) is 3.85. The predicted octanol–water partition coefficient (Wildman–Crippen LogP) is 0.272. The lowest BCUT2D eigenvalue weighted by molar-refractivity contribution is -0.493. The predicted molar refractivity (Wildman–Crippen MR) is 71.6 cm³/mol. The van der Waals surface area contributed by atoms with Gasteiger partial charge in [-0.1, -0.05) is 18.2 Å². The minimum absolute atomic E-state index is 0.0625. The summed E-state index contributed by atoms with van der Waals surface area (Å²) in [6, 6.07) is 6.53. The second-order valence-corrected chi connectivity index (χ2v) is 4.08. The largest absolute Gasteiger partial charge is 0.368 e. The first-order chi connectivity index (χ1) is 10.0. The highest BCUT2D eigenvalue weighted by atomic mass is 16.6. The van der Waals surface area contributed by atoms with Crippen LogP contribution in [0.2, 0.25) is 0 Å². The quantitative estimate of drug-likeness (QED) is 0.484. The van der Waals surface area contributed by atoms with Crippen LogP contribution < -0.4 is 5.32 Å². The lowest BCUT2D eigenvalue weighted by atomic mass is 10.1. The van der Waals surface area contributed by atoms with Crippen LogP contribution >= 0.6 is 0 Å². The third-order valence-corrected chi connectivity index (χ3v) is 2.65. The van der Waals surface area contributed by atoms with Gasteiger partial charge >= 0.3 is 17.9 Å². The van der Waals surface area contributed by atoms with Crippen molar-refractivity contribution in [3.63, 3.8) is 0 Å². The number of nitriles is 1. The molecule has 8 nitrogen and oxygen atoms in total. The molecule has 0 fully saturated rings. The van der Waals surface area contributed by atoms with Crippen LogP contribution in [0.15, 0.2) is 35.3 Å². The van der Waals surface area contributed by atoms with Crippen LogP contribution in [-0.2, 0) is 9.59 Å². The van der Waals surface area contributed by atoms with Crippen LogP contribution in [0.4, 0.5) is 0 Å². The van der Waals surface area contributed by atoms with E-state index in [0.717, 1.165) is 5.56 Å². The normalized spacial score (nSPS) is 18.0. The molecular formula is C13H8N4O4. The third-order valence-electron chi connectivity index (χ3n) is 2.65. The second kappa shape index (κ2) is 5.75. The summed E-state index contributed by atoms with van der Waals surface area (Å²) in [5.74, 6) is -2.19. The van der Waals surface area contributed by atoms with Gasteiger partial charge in [-0.15, -0.1) is 0 Å². The van der Waals surface area contributed by atoms with Gasteiger partial charge in [0.2, 0.25) is 0 Å². The molecule has 1 N–H and O–H groups in total. The van der Waals surface area contributed by atoms with E-state index in [4.69, 9.17) is 5.26 Å². The fourth-order valence-corrected chi connectivity index (χ4v) is 1.62. The summed E-state index contributed by atoms with van der Waals surface area (Å²) < 4.78 is 0. The molecular weight excluding hydrogens is 276 g/mol. The maximum absolute atomic E-state index is 11.4. The summed E-state index contributed by atoms with van der Waals surface area (Å²) in [5, 5.41) is 21.4. The Morgan fingerprint density at radius 2 is 1.95 bits per heavy atom. The van der Waals surface area contributed by atoms with Gasteiger partial charge in [0, 0.05) is 4.92 Å². The number of nitro groups is 1. The van der Waals surface area contributed by atoms with Crippen LogP contribution in [0.1, 0.15) is 11.1 Å². The van der Waals surface area contributed by atoms with E-state index in [1.807, 2.05) is 6.07 Å². The van der Waals surface area contributed by atoms with E-state index < -0.39 is 22.8 Å². The molecule has 1 atom stereocenters.